The Kier molecular flexibility index (Phi) is 4.74. The Labute approximate surface area is 88.7 Å². The molecule has 77 valence electrons. The number of hydrogen-bond donors (Lipinski definition) is 0. The number of para-hydroxylation sites is 1. The van der Waals surface area contributed by atoms with E-state index < -0.39 is 0 Å². The Morgan fingerprint density at radius 3 is 2.57 bits per heavy atom. The highest BCUT2D eigenvalue weighted by molar-refractivity contribution is 6.55. The second-order valence-electron chi connectivity index (χ2n) is 3.87. The van der Waals surface area contributed by atoms with Gasteiger partial charge in [-0.3, -0.25) is 0 Å². The lowest BCUT2D eigenvalue weighted by atomic mass is 10.1. The van der Waals surface area contributed by atoms with Crippen molar-refractivity contribution in [2.45, 2.75) is 32.0 Å². The summed E-state index contributed by atoms with van der Waals surface area (Å²) in [5.41, 5.74) is 1.35. The maximum absolute atomic E-state index is 5.31. The lowest BCUT2D eigenvalue weighted by Crippen LogP contribution is -2.00. The SMILES string of the molecule is COc1ccccc1CCC[Si](C)C. The van der Waals surface area contributed by atoms with Crippen LogP contribution in [0, 0.1) is 0 Å². The molecule has 2 heteroatoms. The third-order valence-corrected chi connectivity index (χ3v) is 3.67. The van der Waals surface area contributed by atoms with Crippen LogP contribution in [0.2, 0.25) is 19.1 Å². The van der Waals surface area contributed by atoms with Gasteiger partial charge in [-0.05, 0) is 18.1 Å². The van der Waals surface area contributed by atoms with Gasteiger partial charge < -0.3 is 4.74 Å². The zero-order valence-electron chi connectivity index (χ0n) is 9.34. The molecule has 0 N–H and O–H groups in total. The Morgan fingerprint density at radius 2 is 1.93 bits per heavy atom. The summed E-state index contributed by atoms with van der Waals surface area (Å²) in [5.74, 6) is 1.04. The fraction of sp³-hybridized carbons (Fsp3) is 0.500. The smallest absolute Gasteiger partial charge is 0.122 e. The molecule has 1 aromatic carbocycles. The minimum atomic E-state index is -0.0643. The van der Waals surface area contributed by atoms with Crippen LogP contribution in [0.3, 0.4) is 0 Å². The Morgan fingerprint density at radius 1 is 1.21 bits per heavy atom. The van der Waals surface area contributed by atoms with Crippen molar-refractivity contribution < 1.29 is 4.74 Å². The normalized spacial score (nSPS) is 10.6. The number of benzene rings is 1. The average molecular weight is 207 g/mol. The molecular formula is C12H19OSi. The van der Waals surface area contributed by atoms with Gasteiger partial charge in [-0.25, -0.2) is 0 Å². The molecule has 1 nitrogen and oxygen atoms in total. The predicted octanol–water partition coefficient (Wildman–Crippen LogP) is 3.38. The van der Waals surface area contributed by atoms with Gasteiger partial charge in [0.2, 0.25) is 0 Å². The van der Waals surface area contributed by atoms with Gasteiger partial charge in [-0.2, -0.15) is 0 Å². The third kappa shape index (κ3) is 3.54. The minimum Gasteiger partial charge on any atom is -0.496 e. The van der Waals surface area contributed by atoms with Crippen LogP contribution in [0.4, 0.5) is 0 Å². The number of hydrogen-bond acceptors (Lipinski definition) is 1. The van der Waals surface area contributed by atoms with E-state index in [1.54, 1.807) is 7.11 Å². The molecule has 0 heterocycles. The molecule has 14 heavy (non-hydrogen) atoms. The van der Waals surface area contributed by atoms with Gasteiger partial charge in [-0.15, -0.1) is 0 Å². The molecule has 1 rings (SSSR count). The van der Waals surface area contributed by atoms with E-state index in [4.69, 9.17) is 4.74 Å². The summed E-state index contributed by atoms with van der Waals surface area (Å²) in [4.78, 5) is 0. The Balaban J connectivity index is 2.49. The van der Waals surface area contributed by atoms with Gasteiger partial charge in [-0.1, -0.05) is 43.8 Å². The number of aryl methyl sites for hydroxylation is 1. The summed E-state index contributed by atoms with van der Waals surface area (Å²) in [5, 5.41) is 0. The van der Waals surface area contributed by atoms with Crippen molar-refractivity contribution in [1.29, 1.82) is 0 Å². The maximum atomic E-state index is 5.31. The second kappa shape index (κ2) is 5.86. The lowest BCUT2D eigenvalue weighted by molar-refractivity contribution is 0.409. The third-order valence-electron chi connectivity index (χ3n) is 2.32. The Bertz CT molecular complexity index is 271. The first-order chi connectivity index (χ1) is 6.74. The number of ether oxygens (including phenoxy) is 1. The molecule has 0 spiro atoms. The molecule has 0 aliphatic heterocycles. The van der Waals surface area contributed by atoms with Crippen molar-refractivity contribution in [3.63, 3.8) is 0 Å². The fourth-order valence-electron chi connectivity index (χ4n) is 1.54. The van der Waals surface area contributed by atoms with E-state index in [1.807, 2.05) is 12.1 Å². The van der Waals surface area contributed by atoms with Crippen LogP contribution in [0.15, 0.2) is 24.3 Å². The zero-order valence-corrected chi connectivity index (χ0v) is 10.3. The van der Waals surface area contributed by atoms with Gasteiger partial charge >= 0.3 is 0 Å². The van der Waals surface area contributed by atoms with Crippen molar-refractivity contribution in [1.82, 2.24) is 0 Å². The first kappa shape index (κ1) is 11.3. The van der Waals surface area contributed by atoms with Crippen molar-refractivity contribution in [2.24, 2.45) is 0 Å². The quantitative estimate of drug-likeness (QED) is 0.673. The standard InChI is InChI=1S/C12H19OSi/c1-13-12-9-5-4-7-11(12)8-6-10-14(2)3/h4-5,7,9H,6,8,10H2,1-3H3. The van der Waals surface area contributed by atoms with Gasteiger partial charge in [0, 0.05) is 8.80 Å². The summed E-state index contributed by atoms with van der Waals surface area (Å²) >= 11 is 0. The molecule has 0 bridgehead atoms. The molecule has 1 aromatic rings. The maximum Gasteiger partial charge on any atom is 0.122 e. The average Bonchev–Trinajstić information content (AvgIpc) is 2.18. The van der Waals surface area contributed by atoms with Crippen LogP contribution in [-0.2, 0) is 6.42 Å². The topological polar surface area (TPSA) is 9.23 Å². The van der Waals surface area contributed by atoms with Crippen LogP contribution < -0.4 is 4.74 Å². The highest BCUT2D eigenvalue weighted by atomic mass is 28.3. The number of rotatable bonds is 5. The lowest BCUT2D eigenvalue weighted by Gasteiger charge is -2.08. The van der Waals surface area contributed by atoms with E-state index in [0.29, 0.717) is 0 Å². The molecule has 0 aliphatic carbocycles. The molecule has 0 amide bonds. The van der Waals surface area contributed by atoms with E-state index in [-0.39, 0.29) is 8.80 Å². The largest absolute Gasteiger partial charge is 0.496 e. The zero-order chi connectivity index (χ0) is 10.4. The Hall–Kier alpha value is -0.763. The first-order valence-corrected chi connectivity index (χ1v) is 7.85. The van der Waals surface area contributed by atoms with E-state index >= 15 is 0 Å². The van der Waals surface area contributed by atoms with Crippen LogP contribution >= 0.6 is 0 Å². The summed E-state index contributed by atoms with van der Waals surface area (Å²) in [6.07, 6.45) is 2.45. The van der Waals surface area contributed by atoms with E-state index in [0.717, 1.165) is 12.2 Å². The minimum absolute atomic E-state index is 0.0643. The molecule has 0 fully saturated rings. The molecular weight excluding hydrogens is 188 g/mol. The van der Waals surface area contributed by atoms with Gasteiger partial charge in [0.25, 0.3) is 0 Å². The molecule has 0 aromatic heterocycles. The summed E-state index contributed by atoms with van der Waals surface area (Å²) in [7, 11) is 1.68. The van der Waals surface area contributed by atoms with Crippen molar-refractivity contribution in [3.8, 4) is 5.75 Å². The highest BCUT2D eigenvalue weighted by Crippen LogP contribution is 2.19. The highest BCUT2D eigenvalue weighted by Gasteiger charge is 2.02. The van der Waals surface area contributed by atoms with Crippen LogP contribution in [-0.4, -0.2) is 15.9 Å². The van der Waals surface area contributed by atoms with E-state index in [1.165, 1.54) is 18.0 Å². The molecule has 0 saturated carbocycles. The van der Waals surface area contributed by atoms with Crippen molar-refractivity contribution in [3.05, 3.63) is 29.8 Å². The predicted molar refractivity (Wildman–Crippen MR) is 63.6 cm³/mol. The molecule has 0 aliphatic rings. The summed E-state index contributed by atoms with van der Waals surface area (Å²) < 4.78 is 5.31. The summed E-state index contributed by atoms with van der Waals surface area (Å²) in [6, 6.07) is 9.71. The molecule has 0 unspecified atom stereocenters. The van der Waals surface area contributed by atoms with Gasteiger partial charge in [0.1, 0.15) is 5.75 Å². The van der Waals surface area contributed by atoms with Crippen molar-refractivity contribution >= 4 is 8.80 Å². The number of methoxy groups -OCH3 is 1. The van der Waals surface area contributed by atoms with Gasteiger partial charge in [0.05, 0.1) is 7.11 Å². The monoisotopic (exact) mass is 207 g/mol. The van der Waals surface area contributed by atoms with Crippen LogP contribution in [0.5, 0.6) is 5.75 Å². The molecule has 0 saturated heterocycles. The van der Waals surface area contributed by atoms with Crippen molar-refractivity contribution in [2.75, 3.05) is 7.11 Å². The fourth-order valence-corrected chi connectivity index (χ4v) is 2.43. The molecule has 0 atom stereocenters. The second-order valence-corrected chi connectivity index (χ2v) is 6.79. The summed E-state index contributed by atoms with van der Waals surface area (Å²) in [6.45, 7) is 4.74. The van der Waals surface area contributed by atoms with E-state index in [2.05, 4.69) is 25.2 Å². The van der Waals surface area contributed by atoms with Gasteiger partial charge in [0.15, 0.2) is 0 Å². The van der Waals surface area contributed by atoms with Crippen LogP contribution in [0.25, 0.3) is 0 Å². The van der Waals surface area contributed by atoms with E-state index in [9.17, 15) is 0 Å². The molecule has 1 radical (unpaired) electrons. The first-order valence-electron chi connectivity index (χ1n) is 5.15. The van der Waals surface area contributed by atoms with Crippen LogP contribution in [0.1, 0.15) is 12.0 Å².